The zero-order valence-electron chi connectivity index (χ0n) is 25.5. The molecule has 0 spiro atoms. The summed E-state index contributed by atoms with van der Waals surface area (Å²) in [5.41, 5.74) is 4.53. The van der Waals surface area contributed by atoms with Crippen LogP contribution < -0.4 is 9.64 Å². The van der Waals surface area contributed by atoms with E-state index in [1.54, 1.807) is 21.3 Å². The Kier molecular flexibility index (Phi) is 13.8. The van der Waals surface area contributed by atoms with E-state index >= 15 is 0 Å². The summed E-state index contributed by atoms with van der Waals surface area (Å²) in [5, 5.41) is 10.3. The summed E-state index contributed by atoms with van der Waals surface area (Å²) in [5.74, 6) is 0.968. The lowest BCUT2D eigenvalue weighted by molar-refractivity contribution is -0.0928. The third kappa shape index (κ3) is 9.64. The summed E-state index contributed by atoms with van der Waals surface area (Å²) in [7, 11) is 5.00. The van der Waals surface area contributed by atoms with Gasteiger partial charge in [0.25, 0.3) is 0 Å². The van der Waals surface area contributed by atoms with Crippen LogP contribution in [0.3, 0.4) is 0 Å². The predicted molar refractivity (Wildman–Crippen MR) is 161 cm³/mol. The van der Waals surface area contributed by atoms with E-state index in [-0.39, 0.29) is 31.3 Å². The SMILES string of the molecule is COCCCN1CCOc2ccc(CO[C@H]3CCC[C@@H](OC[C@@H](O)COC)[C@@H]3c3ccc(COCCOC)cc3)cc21. The van der Waals surface area contributed by atoms with Gasteiger partial charge in [-0.1, -0.05) is 30.3 Å². The van der Waals surface area contributed by atoms with E-state index in [0.717, 1.165) is 67.9 Å². The van der Waals surface area contributed by atoms with Gasteiger partial charge in [-0.2, -0.15) is 0 Å². The van der Waals surface area contributed by atoms with Crippen LogP contribution in [0, 0.1) is 0 Å². The van der Waals surface area contributed by atoms with Crippen molar-refractivity contribution in [1.29, 1.82) is 0 Å². The minimum absolute atomic E-state index is 0.0165. The lowest BCUT2D eigenvalue weighted by atomic mass is 9.79. The van der Waals surface area contributed by atoms with Gasteiger partial charge in [0.1, 0.15) is 18.5 Å². The highest BCUT2D eigenvalue weighted by Gasteiger charge is 2.36. The number of ether oxygens (including phenoxy) is 7. The van der Waals surface area contributed by atoms with Crippen LogP contribution in [-0.4, -0.2) is 97.5 Å². The summed E-state index contributed by atoms with van der Waals surface area (Å²) in [6.07, 6.45) is 3.10. The van der Waals surface area contributed by atoms with E-state index < -0.39 is 6.10 Å². The highest BCUT2D eigenvalue weighted by atomic mass is 16.5. The largest absolute Gasteiger partial charge is 0.490 e. The number of aliphatic hydroxyl groups excluding tert-OH is 1. The van der Waals surface area contributed by atoms with Crippen molar-refractivity contribution in [2.75, 3.05) is 79.0 Å². The molecule has 0 radical (unpaired) electrons. The molecule has 42 heavy (non-hydrogen) atoms. The van der Waals surface area contributed by atoms with Crippen LogP contribution in [0.2, 0.25) is 0 Å². The van der Waals surface area contributed by atoms with Gasteiger partial charge in [0.2, 0.25) is 0 Å². The van der Waals surface area contributed by atoms with Crippen LogP contribution in [0.15, 0.2) is 42.5 Å². The second kappa shape index (κ2) is 17.8. The van der Waals surface area contributed by atoms with Gasteiger partial charge >= 0.3 is 0 Å². The molecule has 9 nitrogen and oxygen atoms in total. The summed E-state index contributed by atoms with van der Waals surface area (Å²) >= 11 is 0. The van der Waals surface area contributed by atoms with Crippen molar-refractivity contribution in [2.24, 2.45) is 0 Å². The smallest absolute Gasteiger partial charge is 0.142 e. The van der Waals surface area contributed by atoms with Crippen LogP contribution in [-0.2, 0) is 41.6 Å². The second-order valence-corrected chi connectivity index (χ2v) is 11.1. The molecule has 0 amide bonds. The molecular weight excluding hydrogens is 538 g/mol. The van der Waals surface area contributed by atoms with Gasteiger partial charge < -0.3 is 43.2 Å². The summed E-state index contributed by atoms with van der Waals surface area (Å²) in [6, 6.07) is 14.9. The molecule has 1 N–H and O–H groups in total. The van der Waals surface area contributed by atoms with Gasteiger partial charge in [-0.05, 0) is 54.5 Å². The molecule has 1 fully saturated rings. The minimum Gasteiger partial charge on any atom is -0.490 e. The number of anilines is 1. The number of aliphatic hydroxyl groups is 1. The molecule has 2 aliphatic rings. The van der Waals surface area contributed by atoms with E-state index in [9.17, 15) is 5.11 Å². The molecule has 2 aromatic rings. The first-order valence-electron chi connectivity index (χ1n) is 15.2. The van der Waals surface area contributed by atoms with Crippen LogP contribution in [0.5, 0.6) is 5.75 Å². The van der Waals surface area contributed by atoms with E-state index in [2.05, 4.69) is 47.4 Å². The standard InChI is InChI=1S/C33H49NO8/c1-36-16-5-14-34-15-17-40-30-13-10-26(20-29(30)34)22-41-31-6-4-7-32(42-24-28(35)23-38-3)33(31)27-11-8-25(9-12-27)21-39-19-18-37-2/h8-13,20,28,31-33,35H,4-7,14-19,21-24H2,1-3H3/t28-,31-,32+,33+/m0/s1. The van der Waals surface area contributed by atoms with Crippen molar-refractivity contribution in [3.63, 3.8) is 0 Å². The summed E-state index contributed by atoms with van der Waals surface area (Å²) in [6.45, 7) is 5.91. The number of benzene rings is 2. The van der Waals surface area contributed by atoms with E-state index in [1.165, 1.54) is 5.56 Å². The van der Waals surface area contributed by atoms with Crippen molar-refractivity contribution in [3.8, 4) is 5.75 Å². The first kappa shape index (κ1) is 32.7. The van der Waals surface area contributed by atoms with Gasteiger partial charge in [-0.25, -0.2) is 0 Å². The number of hydrogen-bond acceptors (Lipinski definition) is 9. The second-order valence-electron chi connectivity index (χ2n) is 11.1. The van der Waals surface area contributed by atoms with E-state index in [1.807, 2.05) is 0 Å². The average Bonchev–Trinajstić information content (AvgIpc) is 3.02. The zero-order chi connectivity index (χ0) is 29.6. The Labute approximate surface area is 250 Å². The highest BCUT2D eigenvalue weighted by molar-refractivity contribution is 5.61. The first-order chi connectivity index (χ1) is 20.6. The van der Waals surface area contributed by atoms with Crippen molar-refractivity contribution in [2.45, 2.75) is 63.1 Å². The predicted octanol–water partition coefficient (Wildman–Crippen LogP) is 4.33. The fourth-order valence-electron chi connectivity index (χ4n) is 5.81. The Bertz CT molecular complexity index is 1040. The fourth-order valence-corrected chi connectivity index (χ4v) is 5.81. The maximum atomic E-state index is 10.3. The summed E-state index contributed by atoms with van der Waals surface area (Å²) < 4.78 is 40.1. The number of hydrogen-bond donors (Lipinski definition) is 1. The van der Waals surface area contributed by atoms with E-state index in [0.29, 0.717) is 33.0 Å². The van der Waals surface area contributed by atoms with Crippen molar-refractivity contribution < 1.29 is 38.3 Å². The number of rotatable bonds is 18. The number of fused-ring (bicyclic) bond motifs is 1. The Hall–Kier alpha value is -2.24. The molecule has 0 unspecified atom stereocenters. The molecule has 4 atom stereocenters. The van der Waals surface area contributed by atoms with Gasteiger partial charge in [0, 0.05) is 40.4 Å². The van der Waals surface area contributed by atoms with Crippen LogP contribution >= 0.6 is 0 Å². The van der Waals surface area contributed by atoms with Gasteiger partial charge in [0.05, 0.1) is 64.1 Å². The molecule has 9 heteroatoms. The molecule has 2 aromatic carbocycles. The zero-order valence-corrected chi connectivity index (χ0v) is 25.5. The van der Waals surface area contributed by atoms with Crippen LogP contribution in [0.1, 0.15) is 48.3 Å². The lowest BCUT2D eigenvalue weighted by Crippen LogP contribution is -2.39. The lowest BCUT2D eigenvalue weighted by Gasteiger charge is -2.39. The average molecular weight is 588 g/mol. The van der Waals surface area contributed by atoms with Gasteiger partial charge in [-0.15, -0.1) is 0 Å². The topological polar surface area (TPSA) is 88.1 Å². The van der Waals surface area contributed by atoms with Crippen molar-refractivity contribution in [3.05, 3.63) is 59.2 Å². The highest BCUT2D eigenvalue weighted by Crippen LogP contribution is 2.39. The summed E-state index contributed by atoms with van der Waals surface area (Å²) in [4.78, 5) is 2.38. The molecule has 1 heterocycles. The molecule has 0 saturated heterocycles. The number of nitrogens with zero attached hydrogens (tertiary/aromatic N) is 1. The number of methoxy groups -OCH3 is 3. The normalized spacial score (nSPS) is 21.1. The fraction of sp³-hybridized carbons (Fsp3) is 0.636. The van der Waals surface area contributed by atoms with Gasteiger partial charge in [-0.3, -0.25) is 0 Å². The maximum Gasteiger partial charge on any atom is 0.142 e. The first-order valence-corrected chi connectivity index (χ1v) is 15.2. The Morgan fingerprint density at radius 2 is 1.62 bits per heavy atom. The van der Waals surface area contributed by atoms with Crippen molar-refractivity contribution in [1.82, 2.24) is 0 Å². The molecule has 1 aliphatic carbocycles. The molecule has 4 rings (SSSR count). The van der Waals surface area contributed by atoms with Crippen molar-refractivity contribution >= 4 is 5.69 Å². The Morgan fingerprint density at radius 1 is 0.857 bits per heavy atom. The van der Waals surface area contributed by atoms with E-state index in [4.69, 9.17) is 33.2 Å². The quantitative estimate of drug-likeness (QED) is 0.256. The molecule has 1 aliphatic heterocycles. The molecule has 0 bridgehead atoms. The third-order valence-electron chi connectivity index (χ3n) is 7.93. The maximum absolute atomic E-state index is 10.3. The van der Waals surface area contributed by atoms with Crippen LogP contribution in [0.4, 0.5) is 5.69 Å². The third-order valence-corrected chi connectivity index (χ3v) is 7.93. The molecular formula is C33H49NO8. The monoisotopic (exact) mass is 587 g/mol. The minimum atomic E-state index is -0.659. The van der Waals surface area contributed by atoms with Gasteiger partial charge in [0.15, 0.2) is 0 Å². The molecule has 0 aromatic heterocycles. The van der Waals surface area contributed by atoms with Crippen LogP contribution in [0.25, 0.3) is 0 Å². The molecule has 1 saturated carbocycles. The Balaban J connectivity index is 1.46. The molecule has 234 valence electrons. The Morgan fingerprint density at radius 3 is 2.38 bits per heavy atom.